The van der Waals surface area contributed by atoms with E-state index in [4.69, 9.17) is 4.74 Å². The maximum absolute atomic E-state index is 10.6. The molecule has 2 unspecified atom stereocenters. The fourth-order valence-corrected chi connectivity index (χ4v) is 2.99. The van der Waals surface area contributed by atoms with E-state index in [2.05, 4.69) is 23.8 Å². The summed E-state index contributed by atoms with van der Waals surface area (Å²) < 4.78 is 5.19. The van der Waals surface area contributed by atoms with Crippen molar-refractivity contribution in [2.45, 2.75) is 45.6 Å². The van der Waals surface area contributed by atoms with Gasteiger partial charge in [0, 0.05) is 12.4 Å². The zero-order valence-corrected chi connectivity index (χ0v) is 11.4. The lowest BCUT2D eigenvalue weighted by Crippen LogP contribution is -2.33. The van der Waals surface area contributed by atoms with Crippen LogP contribution in [0.2, 0.25) is 0 Å². The number of nitrogens with zero attached hydrogens (tertiary/aromatic N) is 2. The number of aromatic nitrogens is 2. The van der Waals surface area contributed by atoms with E-state index in [1.807, 2.05) is 0 Å². The second kappa shape index (κ2) is 5.22. The second-order valence-electron chi connectivity index (χ2n) is 5.74. The number of methoxy groups -OCH3 is 1. The first-order chi connectivity index (χ1) is 8.56. The van der Waals surface area contributed by atoms with Crippen LogP contribution in [0.25, 0.3) is 0 Å². The molecule has 18 heavy (non-hydrogen) atoms. The third-order valence-electron chi connectivity index (χ3n) is 4.14. The Morgan fingerprint density at radius 2 is 2.06 bits per heavy atom. The van der Waals surface area contributed by atoms with Gasteiger partial charge in [0.1, 0.15) is 11.8 Å². The van der Waals surface area contributed by atoms with Gasteiger partial charge < -0.3 is 9.84 Å². The molecule has 0 saturated heterocycles. The second-order valence-corrected chi connectivity index (χ2v) is 5.74. The predicted molar refractivity (Wildman–Crippen MR) is 69.3 cm³/mol. The zero-order valence-electron chi connectivity index (χ0n) is 11.4. The van der Waals surface area contributed by atoms with Gasteiger partial charge in [-0.2, -0.15) is 0 Å². The molecule has 1 N–H and O–H groups in total. The van der Waals surface area contributed by atoms with Crippen molar-refractivity contribution in [3.8, 4) is 5.88 Å². The molecule has 0 aliphatic heterocycles. The molecule has 0 spiro atoms. The van der Waals surface area contributed by atoms with E-state index in [9.17, 15) is 5.11 Å². The van der Waals surface area contributed by atoms with Crippen LogP contribution in [0.1, 0.15) is 51.3 Å². The van der Waals surface area contributed by atoms with Crippen molar-refractivity contribution in [1.82, 2.24) is 9.97 Å². The largest absolute Gasteiger partial charge is 0.480 e. The van der Waals surface area contributed by atoms with Crippen LogP contribution in [-0.4, -0.2) is 22.2 Å². The highest BCUT2D eigenvalue weighted by Crippen LogP contribution is 2.47. The Kier molecular flexibility index (Phi) is 3.85. The van der Waals surface area contributed by atoms with E-state index in [0.29, 0.717) is 11.6 Å². The van der Waals surface area contributed by atoms with Crippen molar-refractivity contribution < 1.29 is 9.84 Å². The Balaban J connectivity index is 2.27. The number of hydrogen-bond donors (Lipinski definition) is 1. The summed E-state index contributed by atoms with van der Waals surface area (Å²) >= 11 is 0. The lowest BCUT2D eigenvalue weighted by Gasteiger charge is -2.41. The summed E-state index contributed by atoms with van der Waals surface area (Å²) in [5.74, 6) is 0.656. The molecule has 4 heteroatoms. The number of hydrogen-bond acceptors (Lipinski definition) is 4. The molecule has 1 aliphatic rings. The minimum absolute atomic E-state index is 0.139. The van der Waals surface area contributed by atoms with Gasteiger partial charge in [0.05, 0.1) is 7.11 Å². The standard InChI is InChI=1S/C14H22N2O2/c1-14(2)7-5-4-6-10(14)12(17)11-13(18-3)16-9-8-15-11/h8-10,12,17H,4-7H2,1-3H3. The van der Waals surface area contributed by atoms with Crippen molar-refractivity contribution >= 4 is 0 Å². The van der Waals surface area contributed by atoms with E-state index >= 15 is 0 Å². The summed E-state index contributed by atoms with van der Waals surface area (Å²) in [5, 5.41) is 10.6. The van der Waals surface area contributed by atoms with E-state index in [0.717, 1.165) is 12.8 Å². The predicted octanol–water partition coefficient (Wildman–Crippen LogP) is 2.74. The van der Waals surface area contributed by atoms with Gasteiger partial charge in [-0.15, -0.1) is 0 Å². The van der Waals surface area contributed by atoms with Gasteiger partial charge in [0.25, 0.3) is 0 Å². The Morgan fingerprint density at radius 3 is 2.72 bits per heavy atom. The van der Waals surface area contributed by atoms with Gasteiger partial charge in [-0.25, -0.2) is 4.98 Å². The molecule has 2 atom stereocenters. The molecular formula is C14H22N2O2. The van der Waals surface area contributed by atoms with Crippen LogP contribution in [0, 0.1) is 11.3 Å². The quantitative estimate of drug-likeness (QED) is 0.896. The molecule has 2 rings (SSSR count). The molecule has 1 fully saturated rings. The van der Waals surface area contributed by atoms with Crippen molar-refractivity contribution in [2.75, 3.05) is 7.11 Å². The first-order valence-electron chi connectivity index (χ1n) is 6.59. The normalized spacial score (nSPS) is 24.6. The van der Waals surface area contributed by atoms with Gasteiger partial charge in [0.15, 0.2) is 0 Å². The molecule has 1 aromatic rings. The monoisotopic (exact) mass is 250 g/mol. The maximum atomic E-state index is 10.6. The highest BCUT2D eigenvalue weighted by molar-refractivity contribution is 5.21. The molecule has 0 aromatic carbocycles. The molecule has 0 amide bonds. The van der Waals surface area contributed by atoms with Crippen molar-refractivity contribution in [1.29, 1.82) is 0 Å². The average molecular weight is 250 g/mol. The van der Waals surface area contributed by atoms with Gasteiger partial charge >= 0.3 is 0 Å². The topological polar surface area (TPSA) is 55.2 Å². The van der Waals surface area contributed by atoms with Gasteiger partial charge in [-0.05, 0) is 24.2 Å². The molecule has 4 nitrogen and oxygen atoms in total. The van der Waals surface area contributed by atoms with Crippen LogP contribution in [-0.2, 0) is 0 Å². The summed E-state index contributed by atoms with van der Waals surface area (Å²) in [7, 11) is 1.56. The molecule has 1 saturated carbocycles. The Labute approximate surface area is 108 Å². The number of aliphatic hydroxyl groups is 1. The third kappa shape index (κ3) is 2.48. The average Bonchev–Trinajstić information content (AvgIpc) is 2.37. The molecule has 0 radical (unpaired) electrons. The molecule has 1 aromatic heterocycles. The Morgan fingerprint density at radius 1 is 1.33 bits per heavy atom. The fraction of sp³-hybridized carbons (Fsp3) is 0.714. The highest BCUT2D eigenvalue weighted by atomic mass is 16.5. The third-order valence-corrected chi connectivity index (χ3v) is 4.14. The van der Waals surface area contributed by atoms with E-state index in [1.54, 1.807) is 19.5 Å². The minimum atomic E-state index is -0.594. The van der Waals surface area contributed by atoms with E-state index < -0.39 is 6.10 Å². The number of aliphatic hydroxyl groups excluding tert-OH is 1. The summed E-state index contributed by atoms with van der Waals surface area (Å²) in [6.45, 7) is 4.45. The van der Waals surface area contributed by atoms with Crippen molar-refractivity contribution in [2.24, 2.45) is 11.3 Å². The maximum Gasteiger partial charge on any atom is 0.238 e. The minimum Gasteiger partial charge on any atom is -0.480 e. The van der Waals surface area contributed by atoms with Crippen LogP contribution in [0.4, 0.5) is 0 Å². The van der Waals surface area contributed by atoms with E-state index in [-0.39, 0.29) is 11.3 Å². The smallest absolute Gasteiger partial charge is 0.238 e. The lowest BCUT2D eigenvalue weighted by molar-refractivity contribution is -0.000159. The Hall–Kier alpha value is -1.16. The van der Waals surface area contributed by atoms with Crippen LogP contribution in [0.3, 0.4) is 0 Å². The van der Waals surface area contributed by atoms with Gasteiger partial charge in [-0.3, -0.25) is 4.98 Å². The fourth-order valence-electron chi connectivity index (χ4n) is 2.99. The summed E-state index contributed by atoms with van der Waals surface area (Å²) in [6.07, 6.45) is 7.20. The van der Waals surface area contributed by atoms with Crippen LogP contribution in [0.15, 0.2) is 12.4 Å². The molecular weight excluding hydrogens is 228 g/mol. The first-order valence-corrected chi connectivity index (χ1v) is 6.59. The summed E-state index contributed by atoms with van der Waals surface area (Å²) in [5.41, 5.74) is 0.709. The summed E-state index contributed by atoms with van der Waals surface area (Å²) in [4.78, 5) is 8.37. The molecule has 100 valence electrons. The first kappa shape index (κ1) is 13.3. The Bertz CT molecular complexity index is 407. The van der Waals surface area contributed by atoms with E-state index in [1.165, 1.54) is 12.8 Å². The lowest BCUT2D eigenvalue weighted by atomic mass is 9.66. The van der Waals surface area contributed by atoms with Crippen molar-refractivity contribution in [3.63, 3.8) is 0 Å². The van der Waals surface area contributed by atoms with Gasteiger partial charge in [-0.1, -0.05) is 26.7 Å². The molecule has 0 bridgehead atoms. The van der Waals surface area contributed by atoms with Crippen LogP contribution >= 0.6 is 0 Å². The van der Waals surface area contributed by atoms with Crippen LogP contribution in [0.5, 0.6) is 5.88 Å². The zero-order chi connectivity index (χ0) is 13.2. The van der Waals surface area contributed by atoms with Gasteiger partial charge in [0.2, 0.25) is 5.88 Å². The highest BCUT2D eigenvalue weighted by Gasteiger charge is 2.39. The molecule has 1 aliphatic carbocycles. The SMILES string of the molecule is COc1nccnc1C(O)C1CCCCC1(C)C. The molecule has 1 heterocycles. The number of ether oxygens (including phenoxy) is 1. The van der Waals surface area contributed by atoms with Crippen molar-refractivity contribution in [3.05, 3.63) is 18.1 Å². The summed E-state index contributed by atoms with van der Waals surface area (Å²) in [6, 6.07) is 0. The number of rotatable bonds is 3. The van der Waals surface area contributed by atoms with Crippen LogP contribution < -0.4 is 4.74 Å².